The van der Waals surface area contributed by atoms with E-state index in [4.69, 9.17) is 20.5 Å². The number of hydrogen-bond donors (Lipinski definition) is 0. The highest BCUT2D eigenvalue weighted by molar-refractivity contribution is 6.30. The van der Waals surface area contributed by atoms with Crippen molar-refractivity contribution in [3.8, 4) is 11.3 Å². The zero-order valence-electron chi connectivity index (χ0n) is 18.3. The number of likely N-dealkylation sites (tertiary alicyclic amines) is 1. The molecule has 0 radical (unpaired) electrons. The smallest absolute Gasteiger partial charge is 0.292 e. The average Bonchev–Trinajstić information content (AvgIpc) is 3.59. The summed E-state index contributed by atoms with van der Waals surface area (Å²) in [5.74, 6) is 1.54. The lowest BCUT2D eigenvalue weighted by Gasteiger charge is -2.30. The van der Waals surface area contributed by atoms with E-state index in [1.54, 1.807) is 28.0 Å². The van der Waals surface area contributed by atoms with Crippen molar-refractivity contribution in [3.05, 3.63) is 76.9 Å². The molecule has 0 bridgehead atoms. The monoisotopic (exact) mass is 465 g/mol. The molecule has 33 heavy (non-hydrogen) atoms. The first-order valence-corrected chi connectivity index (χ1v) is 11.4. The van der Waals surface area contributed by atoms with E-state index in [1.165, 1.54) is 0 Å². The molecule has 4 heterocycles. The second-order valence-electron chi connectivity index (χ2n) is 8.22. The van der Waals surface area contributed by atoms with Gasteiger partial charge in [-0.3, -0.25) is 9.48 Å². The van der Waals surface area contributed by atoms with Gasteiger partial charge in [0.25, 0.3) is 5.91 Å². The molecule has 1 atom stereocenters. The third-order valence-electron chi connectivity index (χ3n) is 5.87. The number of rotatable bonds is 6. The van der Waals surface area contributed by atoms with Crippen molar-refractivity contribution >= 4 is 17.5 Å². The highest BCUT2D eigenvalue weighted by atomic mass is 35.5. The van der Waals surface area contributed by atoms with Gasteiger partial charge in [0.05, 0.1) is 18.3 Å². The van der Waals surface area contributed by atoms with E-state index >= 15 is 0 Å². The van der Waals surface area contributed by atoms with Gasteiger partial charge in [0.1, 0.15) is 11.5 Å². The minimum atomic E-state index is -0.174. The van der Waals surface area contributed by atoms with Crippen LogP contribution < -0.4 is 0 Å². The lowest BCUT2D eigenvalue weighted by molar-refractivity contribution is 0.0656. The van der Waals surface area contributed by atoms with Gasteiger partial charge < -0.3 is 13.8 Å². The van der Waals surface area contributed by atoms with Crippen LogP contribution in [-0.4, -0.2) is 43.8 Å². The Kier molecular flexibility index (Phi) is 6.00. The fourth-order valence-corrected chi connectivity index (χ4v) is 4.35. The third kappa shape index (κ3) is 4.71. The van der Waals surface area contributed by atoms with E-state index in [9.17, 15) is 4.79 Å². The van der Waals surface area contributed by atoms with Crippen molar-refractivity contribution in [2.75, 3.05) is 13.1 Å². The maximum Gasteiger partial charge on any atom is 0.292 e. The number of aromatic nitrogens is 4. The number of carbonyl (C=O) groups excluding carboxylic acids is 1. The Morgan fingerprint density at radius 2 is 2.18 bits per heavy atom. The molecule has 1 fully saturated rings. The topological polar surface area (TPSA) is 90.2 Å². The number of amides is 1. The minimum Gasteiger partial charge on any atom is -0.445 e. The van der Waals surface area contributed by atoms with Crippen molar-refractivity contribution in [1.29, 1.82) is 0 Å². The van der Waals surface area contributed by atoms with Crippen LogP contribution in [0.2, 0.25) is 5.02 Å². The molecule has 5 rings (SSSR count). The van der Waals surface area contributed by atoms with E-state index in [-0.39, 0.29) is 17.6 Å². The first kappa shape index (κ1) is 21.5. The summed E-state index contributed by atoms with van der Waals surface area (Å²) in [5.41, 5.74) is 2.49. The average molecular weight is 466 g/mol. The zero-order valence-corrected chi connectivity index (χ0v) is 19.0. The Morgan fingerprint density at radius 3 is 3.00 bits per heavy atom. The molecular formula is C24H24ClN5O3. The van der Waals surface area contributed by atoms with E-state index in [1.807, 2.05) is 37.4 Å². The molecule has 8 nitrogen and oxygen atoms in total. The van der Waals surface area contributed by atoms with Crippen LogP contribution in [0, 0.1) is 0 Å². The Labute approximate surface area is 196 Å². The third-order valence-corrected chi connectivity index (χ3v) is 6.11. The molecule has 9 heteroatoms. The van der Waals surface area contributed by atoms with Gasteiger partial charge in [-0.15, -0.1) is 0 Å². The number of hydrogen-bond acceptors (Lipinski definition) is 6. The molecule has 4 aromatic rings. The highest BCUT2D eigenvalue weighted by Crippen LogP contribution is 2.29. The Hall–Kier alpha value is -3.39. The van der Waals surface area contributed by atoms with E-state index in [2.05, 4.69) is 15.2 Å². The number of aryl methyl sites for hydroxylation is 1. The molecule has 1 aliphatic rings. The molecule has 0 saturated carbocycles. The molecule has 170 valence electrons. The zero-order chi connectivity index (χ0) is 22.8. The summed E-state index contributed by atoms with van der Waals surface area (Å²) in [7, 11) is 0. The van der Waals surface area contributed by atoms with Crippen LogP contribution in [0.25, 0.3) is 11.3 Å². The minimum absolute atomic E-state index is 0.0426. The number of halogens is 1. The summed E-state index contributed by atoms with van der Waals surface area (Å²) in [5, 5.41) is 9.00. The van der Waals surface area contributed by atoms with Crippen molar-refractivity contribution < 1.29 is 13.7 Å². The van der Waals surface area contributed by atoms with Crippen molar-refractivity contribution in [1.82, 2.24) is 24.8 Å². The Morgan fingerprint density at radius 1 is 1.27 bits per heavy atom. The van der Waals surface area contributed by atoms with Gasteiger partial charge >= 0.3 is 0 Å². The van der Waals surface area contributed by atoms with E-state index in [0.29, 0.717) is 36.1 Å². The normalized spacial score (nSPS) is 16.3. The van der Waals surface area contributed by atoms with Gasteiger partial charge in [-0.25, -0.2) is 4.98 Å². The molecule has 0 aliphatic carbocycles. The fourth-order valence-electron chi connectivity index (χ4n) is 4.14. The Bertz CT molecular complexity index is 1260. The summed E-state index contributed by atoms with van der Waals surface area (Å²) >= 11 is 6.08. The summed E-state index contributed by atoms with van der Waals surface area (Å²) in [6.07, 6.45) is 7.77. The van der Waals surface area contributed by atoms with Gasteiger partial charge in [0.2, 0.25) is 5.76 Å². The summed E-state index contributed by atoms with van der Waals surface area (Å²) in [4.78, 5) is 19.4. The molecule has 3 aromatic heterocycles. The number of benzene rings is 1. The van der Waals surface area contributed by atoms with Crippen LogP contribution in [0.1, 0.15) is 53.5 Å². The first-order chi connectivity index (χ1) is 16.1. The molecule has 1 saturated heterocycles. The molecule has 1 unspecified atom stereocenters. The lowest BCUT2D eigenvalue weighted by Crippen LogP contribution is -2.39. The lowest BCUT2D eigenvalue weighted by atomic mass is 9.98. The van der Waals surface area contributed by atoms with Gasteiger partial charge in [-0.1, -0.05) is 28.9 Å². The molecule has 1 aromatic carbocycles. The number of oxazole rings is 1. The summed E-state index contributed by atoms with van der Waals surface area (Å²) in [6, 6.07) is 9.37. The Balaban J connectivity index is 1.25. The van der Waals surface area contributed by atoms with E-state index < -0.39 is 0 Å². The SMILES string of the molecule is CCn1cc(-c2cc(C(=O)N3CCCC(c4ncc(Cc5cccc(Cl)c5)o4)C3)on2)cn1. The van der Waals surface area contributed by atoms with Gasteiger partial charge in [0, 0.05) is 48.9 Å². The maximum absolute atomic E-state index is 13.1. The van der Waals surface area contributed by atoms with Crippen LogP contribution in [0.4, 0.5) is 0 Å². The van der Waals surface area contributed by atoms with Gasteiger partial charge in [-0.05, 0) is 37.5 Å². The van der Waals surface area contributed by atoms with Crippen LogP contribution in [0.15, 0.2) is 57.9 Å². The molecule has 1 amide bonds. The van der Waals surface area contributed by atoms with Crippen molar-refractivity contribution in [3.63, 3.8) is 0 Å². The highest BCUT2D eigenvalue weighted by Gasteiger charge is 2.30. The van der Waals surface area contributed by atoms with Crippen LogP contribution in [0.3, 0.4) is 0 Å². The van der Waals surface area contributed by atoms with Crippen molar-refractivity contribution in [2.24, 2.45) is 0 Å². The number of nitrogens with zero attached hydrogens (tertiary/aromatic N) is 5. The molecular weight excluding hydrogens is 442 g/mol. The fraction of sp³-hybridized carbons (Fsp3) is 0.333. The molecule has 0 spiro atoms. The quantitative estimate of drug-likeness (QED) is 0.406. The molecule has 0 N–H and O–H groups in total. The second-order valence-corrected chi connectivity index (χ2v) is 8.66. The first-order valence-electron chi connectivity index (χ1n) is 11.1. The van der Waals surface area contributed by atoms with Crippen molar-refractivity contribution in [2.45, 2.75) is 38.6 Å². The van der Waals surface area contributed by atoms with Gasteiger partial charge in [-0.2, -0.15) is 5.10 Å². The largest absolute Gasteiger partial charge is 0.445 e. The van der Waals surface area contributed by atoms with Crippen LogP contribution in [-0.2, 0) is 13.0 Å². The predicted molar refractivity (Wildman–Crippen MR) is 122 cm³/mol. The molecule has 1 aliphatic heterocycles. The maximum atomic E-state index is 13.1. The number of carbonyl (C=O) groups is 1. The van der Waals surface area contributed by atoms with Crippen LogP contribution in [0.5, 0.6) is 0 Å². The van der Waals surface area contributed by atoms with Crippen LogP contribution >= 0.6 is 11.6 Å². The summed E-state index contributed by atoms with van der Waals surface area (Å²) in [6.45, 7) is 3.96. The standard InChI is InChI=1S/C24H24ClN5O3/c1-2-30-15-18(12-27-30)21-11-22(33-28-21)24(31)29-8-4-6-17(14-29)23-26-13-20(32-23)10-16-5-3-7-19(25)9-16/h3,5,7,9,11-13,15,17H,2,4,6,8,10,14H2,1H3. The van der Waals surface area contributed by atoms with E-state index in [0.717, 1.165) is 36.3 Å². The summed E-state index contributed by atoms with van der Waals surface area (Å²) < 4.78 is 13.2. The predicted octanol–water partition coefficient (Wildman–Crippen LogP) is 4.81. The second kappa shape index (κ2) is 9.23. The number of piperidine rings is 1. The van der Waals surface area contributed by atoms with Gasteiger partial charge in [0.15, 0.2) is 5.89 Å².